The minimum Gasteiger partial charge on any atom is -0.354 e. The molecule has 1 unspecified atom stereocenters. The highest BCUT2D eigenvalue weighted by Crippen LogP contribution is 2.38. The van der Waals surface area contributed by atoms with Gasteiger partial charge in [0.1, 0.15) is 0 Å². The fourth-order valence-corrected chi connectivity index (χ4v) is 2.74. The molecule has 3 rings (SSSR count). The normalized spacial score (nSPS) is 17.4. The molecule has 2 aromatic rings. The molecule has 0 saturated heterocycles. The second kappa shape index (κ2) is 5.45. The van der Waals surface area contributed by atoms with Crippen LogP contribution in [0.5, 0.6) is 0 Å². The molecule has 1 amide bonds. The van der Waals surface area contributed by atoms with Gasteiger partial charge in [0, 0.05) is 18.1 Å². The van der Waals surface area contributed by atoms with Gasteiger partial charge in [-0.2, -0.15) is 0 Å². The lowest BCUT2D eigenvalue weighted by Gasteiger charge is -2.23. The zero-order chi connectivity index (χ0) is 14.9. The van der Waals surface area contributed by atoms with Crippen LogP contribution in [0.4, 0.5) is 0 Å². The molecule has 1 aliphatic carbocycles. The molecule has 1 aliphatic rings. The first-order valence-electron chi connectivity index (χ1n) is 7.49. The molecule has 3 N–H and O–H groups in total. The summed E-state index contributed by atoms with van der Waals surface area (Å²) in [5.41, 5.74) is 7.54. The van der Waals surface area contributed by atoms with E-state index in [-0.39, 0.29) is 5.91 Å². The lowest BCUT2D eigenvalue weighted by atomic mass is 9.96. The maximum Gasteiger partial charge on any atom is 0.240 e. The Bertz CT molecular complexity index is 657. The fraction of sp³-hybridized carbons (Fsp3) is 0.412. The molecule has 0 radical (unpaired) electrons. The molecule has 1 aromatic carbocycles. The Morgan fingerprint density at radius 2 is 2.14 bits per heavy atom. The van der Waals surface area contributed by atoms with Crippen LogP contribution in [0.25, 0.3) is 10.9 Å². The summed E-state index contributed by atoms with van der Waals surface area (Å²) in [5.74, 6) is 0.301. The van der Waals surface area contributed by atoms with Gasteiger partial charge in [-0.15, -0.1) is 0 Å². The lowest BCUT2D eigenvalue weighted by Crippen LogP contribution is -2.53. The van der Waals surface area contributed by atoms with Crippen LogP contribution < -0.4 is 11.1 Å². The number of carbonyl (C=O) groups is 1. The first-order valence-corrected chi connectivity index (χ1v) is 7.49. The highest BCUT2D eigenvalue weighted by molar-refractivity contribution is 5.86. The number of nitrogens with one attached hydrogen (secondary N) is 1. The van der Waals surface area contributed by atoms with Gasteiger partial charge < -0.3 is 11.1 Å². The number of aromatic nitrogens is 1. The summed E-state index contributed by atoms with van der Waals surface area (Å²) in [6, 6.07) is 10.1. The smallest absolute Gasteiger partial charge is 0.240 e. The minimum atomic E-state index is -0.725. The average Bonchev–Trinajstić information content (AvgIpc) is 3.32. The van der Waals surface area contributed by atoms with E-state index in [1.807, 2.05) is 19.1 Å². The Morgan fingerprint density at radius 1 is 1.38 bits per heavy atom. The van der Waals surface area contributed by atoms with Gasteiger partial charge in [0.25, 0.3) is 0 Å². The number of pyridine rings is 1. The largest absolute Gasteiger partial charge is 0.354 e. The molecule has 1 fully saturated rings. The number of amides is 1. The van der Waals surface area contributed by atoms with Crippen LogP contribution in [-0.2, 0) is 11.2 Å². The van der Waals surface area contributed by atoms with Gasteiger partial charge in [0.2, 0.25) is 5.91 Å². The summed E-state index contributed by atoms with van der Waals surface area (Å²) in [7, 11) is 0. The zero-order valence-corrected chi connectivity index (χ0v) is 12.3. The average molecular weight is 283 g/mol. The Kier molecular flexibility index (Phi) is 3.64. The van der Waals surface area contributed by atoms with Gasteiger partial charge >= 0.3 is 0 Å². The summed E-state index contributed by atoms with van der Waals surface area (Å²) >= 11 is 0. The van der Waals surface area contributed by atoms with Crippen molar-refractivity contribution < 1.29 is 4.79 Å². The number of hydrogen-bond donors (Lipinski definition) is 2. The first kappa shape index (κ1) is 14.0. The number of carbonyl (C=O) groups excluding carboxylic acids is 1. The SMILES string of the molecule is CC(N)(C(=O)NCCc1cccc2cccnc12)C1CC1. The Morgan fingerprint density at radius 3 is 2.90 bits per heavy atom. The van der Waals surface area contributed by atoms with Gasteiger partial charge in [-0.05, 0) is 43.7 Å². The van der Waals surface area contributed by atoms with E-state index in [0.717, 1.165) is 35.7 Å². The second-order valence-corrected chi connectivity index (χ2v) is 6.06. The number of nitrogens with zero attached hydrogens (tertiary/aromatic N) is 1. The zero-order valence-electron chi connectivity index (χ0n) is 12.3. The van der Waals surface area contributed by atoms with Gasteiger partial charge in [-0.1, -0.05) is 24.3 Å². The molecule has 21 heavy (non-hydrogen) atoms. The molecule has 1 aromatic heterocycles. The van der Waals surface area contributed by atoms with E-state index < -0.39 is 5.54 Å². The monoisotopic (exact) mass is 283 g/mol. The lowest BCUT2D eigenvalue weighted by molar-refractivity contribution is -0.126. The standard InChI is InChI=1S/C17H21N3O/c1-17(18,14-7-8-14)16(21)20-11-9-13-5-2-4-12-6-3-10-19-15(12)13/h2-6,10,14H,7-9,11,18H2,1H3,(H,20,21). The summed E-state index contributed by atoms with van der Waals surface area (Å²) in [5, 5.41) is 4.09. The third-order valence-corrected chi connectivity index (χ3v) is 4.31. The van der Waals surface area contributed by atoms with Crippen LogP contribution in [0.15, 0.2) is 36.5 Å². The molecule has 110 valence electrons. The quantitative estimate of drug-likeness (QED) is 0.882. The first-order chi connectivity index (χ1) is 10.1. The van der Waals surface area contributed by atoms with E-state index in [0.29, 0.717) is 12.5 Å². The van der Waals surface area contributed by atoms with E-state index in [1.54, 1.807) is 6.20 Å². The van der Waals surface area contributed by atoms with Crippen molar-refractivity contribution in [1.82, 2.24) is 10.3 Å². The van der Waals surface area contributed by atoms with Crippen LogP contribution in [0.3, 0.4) is 0 Å². The van der Waals surface area contributed by atoms with Crippen molar-refractivity contribution in [2.24, 2.45) is 11.7 Å². The number of rotatable bonds is 5. The molecule has 0 spiro atoms. The van der Waals surface area contributed by atoms with Crippen LogP contribution in [-0.4, -0.2) is 23.0 Å². The van der Waals surface area contributed by atoms with Crippen molar-refractivity contribution >= 4 is 16.8 Å². The van der Waals surface area contributed by atoms with Crippen molar-refractivity contribution in [2.45, 2.75) is 31.7 Å². The van der Waals surface area contributed by atoms with E-state index in [4.69, 9.17) is 5.73 Å². The van der Waals surface area contributed by atoms with Crippen molar-refractivity contribution in [2.75, 3.05) is 6.54 Å². The van der Waals surface area contributed by atoms with Gasteiger partial charge in [-0.25, -0.2) is 0 Å². The van der Waals surface area contributed by atoms with Crippen LogP contribution in [0.2, 0.25) is 0 Å². The summed E-state index contributed by atoms with van der Waals surface area (Å²) in [4.78, 5) is 16.6. The predicted octanol–water partition coefficient (Wildman–Crippen LogP) is 2.02. The second-order valence-electron chi connectivity index (χ2n) is 6.06. The van der Waals surface area contributed by atoms with E-state index >= 15 is 0 Å². The maximum absolute atomic E-state index is 12.1. The summed E-state index contributed by atoms with van der Waals surface area (Å²) in [6.07, 6.45) is 4.69. The van der Waals surface area contributed by atoms with Crippen LogP contribution in [0.1, 0.15) is 25.3 Å². The topological polar surface area (TPSA) is 68.0 Å². The van der Waals surface area contributed by atoms with Crippen LogP contribution >= 0.6 is 0 Å². The number of nitrogens with two attached hydrogens (primary N) is 1. The van der Waals surface area contributed by atoms with E-state index in [1.165, 1.54) is 0 Å². The Balaban J connectivity index is 1.63. The molecule has 4 nitrogen and oxygen atoms in total. The van der Waals surface area contributed by atoms with E-state index in [2.05, 4.69) is 28.5 Å². The van der Waals surface area contributed by atoms with E-state index in [9.17, 15) is 4.79 Å². The maximum atomic E-state index is 12.1. The molecule has 0 aliphatic heterocycles. The van der Waals surface area contributed by atoms with Crippen LogP contribution in [0, 0.1) is 5.92 Å². The fourth-order valence-electron chi connectivity index (χ4n) is 2.74. The molecular formula is C17H21N3O. The van der Waals surface area contributed by atoms with Gasteiger partial charge in [-0.3, -0.25) is 9.78 Å². The number of hydrogen-bond acceptors (Lipinski definition) is 3. The third-order valence-electron chi connectivity index (χ3n) is 4.31. The molecular weight excluding hydrogens is 262 g/mol. The van der Waals surface area contributed by atoms with Gasteiger partial charge in [0.15, 0.2) is 0 Å². The molecule has 1 heterocycles. The summed E-state index contributed by atoms with van der Waals surface area (Å²) in [6.45, 7) is 2.42. The Labute approximate surface area is 124 Å². The van der Waals surface area contributed by atoms with Crippen molar-refractivity contribution in [3.8, 4) is 0 Å². The number of benzene rings is 1. The minimum absolute atomic E-state index is 0.0433. The highest BCUT2D eigenvalue weighted by Gasteiger charge is 2.43. The third kappa shape index (κ3) is 2.90. The Hall–Kier alpha value is -1.94. The number of para-hydroxylation sites is 1. The molecule has 0 bridgehead atoms. The summed E-state index contributed by atoms with van der Waals surface area (Å²) < 4.78 is 0. The number of fused-ring (bicyclic) bond motifs is 1. The molecule has 1 saturated carbocycles. The van der Waals surface area contributed by atoms with Gasteiger partial charge in [0.05, 0.1) is 11.1 Å². The van der Waals surface area contributed by atoms with Crippen molar-refractivity contribution in [3.63, 3.8) is 0 Å². The van der Waals surface area contributed by atoms with Crippen molar-refractivity contribution in [1.29, 1.82) is 0 Å². The highest BCUT2D eigenvalue weighted by atomic mass is 16.2. The molecule has 4 heteroatoms. The predicted molar refractivity (Wildman–Crippen MR) is 83.8 cm³/mol. The van der Waals surface area contributed by atoms with Crippen molar-refractivity contribution in [3.05, 3.63) is 42.1 Å². The molecule has 1 atom stereocenters.